The smallest absolute Gasteiger partial charge is 0.240 e. The lowest BCUT2D eigenvalue weighted by Crippen LogP contribution is -2.23. The lowest BCUT2D eigenvalue weighted by Gasteiger charge is -2.04. The molecule has 0 aromatic carbocycles. The first-order chi connectivity index (χ1) is 11.2. The summed E-state index contributed by atoms with van der Waals surface area (Å²) in [4.78, 5) is 12.6. The number of ether oxygens (including phenoxy) is 2. The van der Waals surface area contributed by atoms with Gasteiger partial charge in [-0.25, -0.2) is 9.97 Å². The molecular formula is C17H16N2O2S2. The van der Waals surface area contributed by atoms with E-state index < -0.39 is 0 Å². The molecule has 0 saturated heterocycles. The Hall–Kier alpha value is -2.18. The van der Waals surface area contributed by atoms with Gasteiger partial charge >= 0.3 is 0 Å². The zero-order valence-electron chi connectivity index (χ0n) is 13.1. The van der Waals surface area contributed by atoms with E-state index in [2.05, 4.69) is 29.0 Å². The van der Waals surface area contributed by atoms with Gasteiger partial charge in [-0.05, 0) is 42.7 Å². The van der Waals surface area contributed by atoms with Gasteiger partial charge in [0.1, 0.15) is 10.7 Å². The molecule has 3 rings (SSSR count). The second-order valence-corrected chi connectivity index (χ2v) is 7.06. The van der Waals surface area contributed by atoms with Crippen molar-refractivity contribution in [1.82, 2.24) is 9.97 Å². The number of aryl methyl sites for hydroxylation is 1. The van der Waals surface area contributed by atoms with Gasteiger partial charge in [-0.3, -0.25) is 0 Å². The van der Waals surface area contributed by atoms with Crippen LogP contribution in [0.4, 0.5) is 0 Å². The van der Waals surface area contributed by atoms with Crippen LogP contribution in [0.2, 0.25) is 0 Å². The van der Waals surface area contributed by atoms with Crippen LogP contribution in [-0.4, -0.2) is 24.2 Å². The molecular weight excluding hydrogens is 328 g/mol. The van der Waals surface area contributed by atoms with E-state index >= 15 is 0 Å². The average molecular weight is 344 g/mol. The minimum atomic E-state index is 0.485. The van der Waals surface area contributed by atoms with Crippen LogP contribution in [-0.2, 0) is 0 Å². The predicted molar refractivity (Wildman–Crippen MR) is 94.9 cm³/mol. The molecule has 0 unspecified atom stereocenters. The highest BCUT2D eigenvalue weighted by molar-refractivity contribution is 7.12. The summed E-state index contributed by atoms with van der Waals surface area (Å²) < 4.78 is 10.8. The molecule has 0 radical (unpaired) electrons. The van der Waals surface area contributed by atoms with Gasteiger partial charge in [0, 0.05) is 14.6 Å². The number of nitrogens with zero attached hydrogens (tertiary/aromatic N) is 2. The molecule has 0 aliphatic heterocycles. The minimum Gasteiger partial charge on any atom is -0.479 e. The van der Waals surface area contributed by atoms with E-state index in [4.69, 9.17) is 9.47 Å². The quantitative estimate of drug-likeness (QED) is 0.730. The summed E-state index contributed by atoms with van der Waals surface area (Å²) in [6.07, 6.45) is 3.90. The number of rotatable bonds is 4. The molecule has 0 aliphatic carbocycles. The Labute approximate surface area is 142 Å². The fourth-order valence-electron chi connectivity index (χ4n) is 2.09. The third-order valence-electron chi connectivity index (χ3n) is 3.13. The zero-order valence-corrected chi connectivity index (χ0v) is 14.7. The highest BCUT2D eigenvalue weighted by Crippen LogP contribution is 2.16. The number of methoxy groups -OCH3 is 2. The molecule has 0 bridgehead atoms. The molecule has 0 fully saturated rings. The van der Waals surface area contributed by atoms with Crippen molar-refractivity contribution in [3.8, 4) is 11.8 Å². The molecule has 0 saturated carbocycles. The zero-order chi connectivity index (χ0) is 16.2. The van der Waals surface area contributed by atoms with E-state index in [1.165, 1.54) is 4.88 Å². The molecule has 3 heterocycles. The van der Waals surface area contributed by atoms with Gasteiger partial charge in [0.15, 0.2) is 0 Å². The first kappa shape index (κ1) is 15.7. The summed E-state index contributed by atoms with van der Waals surface area (Å²) in [6.45, 7) is 2.07. The molecule has 0 spiro atoms. The van der Waals surface area contributed by atoms with E-state index in [0.29, 0.717) is 22.5 Å². The topological polar surface area (TPSA) is 44.2 Å². The maximum atomic E-state index is 5.41. The van der Waals surface area contributed by atoms with Crippen LogP contribution < -0.4 is 20.2 Å². The Balaban J connectivity index is 2.17. The second-order valence-electron chi connectivity index (χ2n) is 4.77. The van der Waals surface area contributed by atoms with Crippen molar-refractivity contribution < 1.29 is 9.47 Å². The number of thiophene rings is 2. The molecule has 23 heavy (non-hydrogen) atoms. The normalized spacial score (nSPS) is 12.7. The van der Waals surface area contributed by atoms with Crippen molar-refractivity contribution >= 4 is 34.8 Å². The van der Waals surface area contributed by atoms with E-state index in [0.717, 1.165) is 9.75 Å². The minimum absolute atomic E-state index is 0.485. The van der Waals surface area contributed by atoms with Crippen molar-refractivity contribution in [1.29, 1.82) is 0 Å². The van der Waals surface area contributed by atoms with Crippen molar-refractivity contribution in [2.24, 2.45) is 0 Å². The van der Waals surface area contributed by atoms with Crippen LogP contribution in [0.3, 0.4) is 0 Å². The fourth-order valence-corrected chi connectivity index (χ4v) is 3.56. The van der Waals surface area contributed by atoms with Crippen molar-refractivity contribution in [2.45, 2.75) is 6.92 Å². The van der Waals surface area contributed by atoms with Crippen LogP contribution in [0.25, 0.3) is 12.2 Å². The summed E-state index contributed by atoms with van der Waals surface area (Å²) >= 11 is 3.33. The van der Waals surface area contributed by atoms with Crippen LogP contribution >= 0.6 is 22.7 Å². The summed E-state index contributed by atoms with van der Waals surface area (Å²) in [7, 11) is 3.20. The van der Waals surface area contributed by atoms with E-state index in [9.17, 15) is 0 Å². The fraction of sp³-hybridized carbons (Fsp3) is 0.176. The van der Waals surface area contributed by atoms with Gasteiger partial charge in [-0.1, -0.05) is 6.07 Å². The average Bonchev–Trinajstić information content (AvgIpc) is 3.20. The van der Waals surface area contributed by atoms with Crippen molar-refractivity contribution in [3.05, 3.63) is 55.0 Å². The molecule has 0 aliphatic rings. The highest BCUT2D eigenvalue weighted by atomic mass is 32.1. The van der Waals surface area contributed by atoms with Crippen molar-refractivity contribution in [3.63, 3.8) is 0 Å². The maximum Gasteiger partial charge on any atom is 0.240 e. The monoisotopic (exact) mass is 344 g/mol. The third-order valence-corrected chi connectivity index (χ3v) is 4.90. The summed E-state index contributed by atoms with van der Waals surface area (Å²) in [6, 6.07) is 8.15. The molecule has 118 valence electrons. The van der Waals surface area contributed by atoms with E-state index in [-0.39, 0.29) is 0 Å². The number of hydrogen-bond donors (Lipinski definition) is 0. The SMILES string of the molecule is COc1n/c(=C\c2ccc(C)s2)c(OC)n/c1=C\c1cccs1. The molecule has 3 aromatic rings. The van der Waals surface area contributed by atoms with Crippen molar-refractivity contribution in [2.75, 3.05) is 14.2 Å². The molecule has 3 aromatic heterocycles. The van der Waals surface area contributed by atoms with Gasteiger partial charge in [0.05, 0.1) is 14.2 Å². The standard InChI is InChI=1S/C17H16N2O2S2/c1-11-6-7-13(23-11)10-15-17(21-3)18-14(16(19-15)20-2)9-12-5-4-8-22-12/h4-10H,1-3H3/b14-9-,15-10-. The summed E-state index contributed by atoms with van der Waals surface area (Å²) in [5.74, 6) is 0.971. The van der Waals surface area contributed by atoms with Crippen LogP contribution in [0.15, 0.2) is 29.6 Å². The predicted octanol–water partition coefficient (Wildman–Crippen LogP) is 2.58. The molecule has 0 N–H and O–H groups in total. The molecule has 4 nitrogen and oxygen atoms in total. The van der Waals surface area contributed by atoms with E-state index in [1.54, 1.807) is 36.9 Å². The third kappa shape index (κ3) is 3.60. The highest BCUT2D eigenvalue weighted by Gasteiger charge is 2.07. The lowest BCUT2D eigenvalue weighted by atomic mass is 10.3. The number of hydrogen-bond acceptors (Lipinski definition) is 6. The Morgan fingerprint density at radius 1 is 0.913 bits per heavy atom. The first-order valence-corrected chi connectivity index (χ1v) is 8.68. The largest absolute Gasteiger partial charge is 0.479 e. The molecule has 6 heteroatoms. The van der Waals surface area contributed by atoms with Crippen LogP contribution in [0.5, 0.6) is 11.8 Å². The molecule has 0 amide bonds. The van der Waals surface area contributed by atoms with E-state index in [1.807, 2.05) is 29.7 Å². The Morgan fingerprint density at radius 3 is 2.04 bits per heavy atom. The Kier molecular flexibility index (Phi) is 4.73. The first-order valence-electron chi connectivity index (χ1n) is 6.99. The van der Waals surface area contributed by atoms with Gasteiger partial charge < -0.3 is 9.47 Å². The second kappa shape index (κ2) is 6.93. The van der Waals surface area contributed by atoms with Gasteiger partial charge in [0.25, 0.3) is 0 Å². The van der Waals surface area contributed by atoms with Gasteiger partial charge in [-0.2, -0.15) is 0 Å². The molecule has 0 atom stereocenters. The Morgan fingerprint density at radius 2 is 1.57 bits per heavy atom. The summed E-state index contributed by atoms with van der Waals surface area (Å²) in [5, 5.41) is 3.34. The van der Waals surface area contributed by atoms with Crippen LogP contribution in [0.1, 0.15) is 14.6 Å². The van der Waals surface area contributed by atoms with Gasteiger partial charge in [0.2, 0.25) is 11.8 Å². The Bertz CT molecular complexity index is 915. The summed E-state index contributed by atoms with van der Waals surface area (Å²) in [5.41, 5.74) is 0. The van der Waals surface area contributed by atoms with Crippen LogP contribution in [0, 0.1) is 6.92 Å². The maximum absolute atomic E-state index is 5.41. The number of aromatic nitrogens is 2. The lowest BCUT2D eigenvalue weighted by molar-refractivity contribution is 0.366. The van der Waals surface area contributed by atoms with Gasteiger partial charge in [-0.15, -0.1) is 22.7 Å².